The Morgan fingerprint density at radius 1 is 1.45 bits per heavy atom. The highest BCUT2D eigenvalue weighted by molar-refractivity contribution is 6.31. The van der Waals surface area contributed by atoms with Gasteiger partial charge in [-0.3, -0.25) is 4.68 Å². The van der Waals surface area contributed by atoms with Gasteiger partial charge in [-0.05, 0) is 32.7 Å². The van der Waals surface area contributed by atoms with E-state index < -0.39 is 0 Å². The van der Waals surface area contributed by atoms with Crippen LogP contribution in [0.3, 0.4) is 0 Å². The number of hydrogen-bond acceptors (Lipinski definition) is 3. The van der Waals surface area contributed by atoms with Gasteiger partial charge in [-0.2, -0.15) is 5.10 Å². The lowest BCUT2D eigenvalue weighted by Crippen LogP contribution is -2.45. The Balaban J connectivity index is 2.35. The van der Waals surface area contributed by atoms with Crippen LogP contribution in [0, 0.1) is 0 Å². The van der Waals surface area contributed by atoms with Gasteiger partial charge in [0.05, 0.1) is 28.6 Å². The van der Waals surface area contributed by atoms with Crippen LogP contribution < -0.4 is 5.32 Å². The van der Waals surface area contributed by atoms with E-state index in [2.05, 4.69) is 24.3 Å². The molecule has 1 aliphatic rings. The zero-order chi connectivity index (χ0) is 14.6. The molecule has 1 aromatic heterocycles. The van der Waals surface area contributed by atoms with Crippen molar-refractivity contribution in [3.63, 3.8) is 0 Å². The number of aromatic nitrogens is 2. The van der Waals surface area contributed by atoms with Crippen LogP contribution in [0.4, 0.5) is 0 Å². The summed E-state index contributed by atoms with van der Waals surface area (Å²) in [5, 5.41) is 8.68. The van der Waals surface area contributed by atoms with E-state index in [0.29, 0.717) is 0 Å². The van der Waals surface area contributed by atoms with Crippen molar-refractivity contribution in [3.05, 3.63) is 16.9 Å². The third-order valence-electron chi connectivity index (χ3n) is 4.22. The molecule has 1 aliphatic carbocycles. The second-order valence-corrected chi connectivity index (χ2v) is 6.00. The van der Waals surface area contributed by atoms with Gasteiger partial charge in [0.2, 0.25) is 0 Å². The summed E-state index contributed by atoms with van der Waals surface area (Å²) in [5.41, 5.74) is 0.914. The normalized spacial score (nSPS) is 19.4. The lowest BCUT2D eigenvalue weighted by atomic mass is 9.89. The predicted molar refractivity (Wildman–Crippen MR) is 82.1 cm³/mol. The monoisotopic (exact) mass is 299 g/mol. The van der Waals surface area contributed by atoms with Crippen molar-refractivity contribution in [1.29, 1.82) is 0 Å². The molecular formula is C15H26ClN3O. The van der Waals surface area contributed by atoms with Crippen LogP contribution in [0.1, 0.15) is 57.7 Å². The Morgan fingerprint density at radius 2 is 2.15 bits per heavy atom. The lowest BCUT2D eigenvalue weighted by Gasteiger charge is -2.38. The third kappa shape index (κ3) is 3.02. The van der Waals surface area contributed by atoms with Gasteiger partial charge in [0.1, 0.15) is 0 Å². The quantitative estimate of drug-likeness (QED) is 0.838. The molecule has 0 amide bonds. The van der Waals surface area contributed by atoms with E-state index in [0.717, 1.165) is 43.1 Å². The molecule has 0 aromatic carbocycles. The van der Waals surface area contributed by atoms with Gasteiger partial charge in [0, 0.05) is 13.7 Å². The topological polar surface area (TPSA) is 39.1 Å². The molecule has 20 heavy (non-hydrogen) atoms. The summed E-state index contributed by atoms with van der Waals surface area (Å²) in [6.45, 7) is 5.94. The average Bonchev–Trinajstić information content (AvgIpc) is 3.01. The molecule has 1 unspecified atom stereocenters. The minimum absolute atomic E-state index is 0.116. The Hall–Kier alpha value is -0.580. The van der Waals surface area contributed by atoms with E-state index in [1.165, 1.54) is 12.8 Å². The fourth-order valence-corrected chi connectivity index (χ4v) is 3.62. The predicted octanol–water partition coefficient (Wildman–Crippen LogP) is 3.46. The molecule has 0 bridgehead atoms. The maximum Gasteiger partial charge on any atom is 0.0891 e. The first kappa shape index (κ1) is 15.8. The number of aryl methyl sites for hydroxylation is 1. The maximum absolute atomic E-state index is 6.38. The Kier molecular flexibility index (Phi) is 5.47. The molecule has 2 rings (SSSR count). The summed E-state index contributed by atoms with van der Waals surface area (Å²) in [4.78, 5) is 0. The molecule has 0 spiro atoms. The zero-order valence-electron chi connectivity index (χ0n) is 12.8. The number of nitrogens with zero attached hydrogens (tertiary/aromatic N) is 2. The standard InChI is InChI=1S/C15H26ClN3O/c1-4-10-17-14(13-12(16)11-18-19(13)3)15(20-5-2)8-6-7-9-15/h11,14,17H,4-10H2,1-3H3. The summed E-state index contributed by atoms with van der Waals surface area (Å²) in [5.74, 6) is 0. The molecule has 0 aliphatic heterocycles. The molecule has 1 atom stereocenters. The van der Waals surface area contributed by atoms with Crippen LogP contribution >= 0.6 is 11.6 Å². The van der Waals surface area contributed by atoms with Gasteiger partial charge < -0.3 is 10.1 Å². The van der Waals surface area contributed by atoms with Crippen molar-refractivity contribution in [2.75, 3.05) is 13.2 Å². The van der Waals surface area contributed by atoms with Gasteiger partial charge in [-0.15, -0.1) is 0 Å². The number of hydrogen-bond donors (Lipinski definition) is 1. The van der Waals surface area contributed by atoms with Crippen molar-refractivity contribution in [3.8, 4) is 0 Å². The van der Waals surface area contributed by atoms with Gasteiger partial charge in [0.15, 0.2) is 0 Å². The molecule has 0 saturated heterocycles. The number of ether oxygens (including phenoxy) is 1. The molecule has 1 aromatic rings. The van der Waals surface area contributed by atoms with Gasteiger partial charge in [0.25, 0.3) is 0 Å². The molecule has 1 saturated carbocycles. The first-order valence-corrected chi connectivity index (χ1v) is 8.07. The van der Waals surface area contributed by atoms with E-state index in [1.54, 1.807) is 6.20 Å². The summed E-state index contributed by atoms with van der Waals surface area (Å²) < 4.78 is 8.10. The molecule has 5 heteroatoms. The highest BCUT2D eigenvalue weighted by Crippen LogP contribution is 2.44. The highest BCUT2D eigenvalue weighted by atomic mass is 35.5. The molecule has 1 fully saturated rings. The van der Waals surface area contributed by atoms with E-state index in [9.17, 15) is 0 Å². The van der Waals surface area contributed by atoms with Gasteiger partial charge in [-0.25, -0.2) is 0 Å². The first-order valence-electron chi connectivity index (χ1n) is 7.69. The van der Waals surface area contributed by atoms with Crippen molar-refractivity contribution in [1.82, 2.24) is 15.1 Å². The Bertz CT molecular complexity index is 407. The van der Waals surface area contributed by atoms with Crippen LogP contribution in [0.2, 0.25) is 5.02 Å². The number of nitrogens with one attached hydrogen (secondary N) is 1. The summed E-state index contributed by atoms with van der Waals surface area (Å²) in [6, 6.07) is 0.116. The Labute approximate surface area is 126 Å². The fourth-order valence-electron chi connectivity index (χ4n) is 3.34. The molecular weight excluding hydrogens is 274 g/mol. The van der Waals surface area contributed by atoms with Gasteiger partial charge >= 0.3 is 0 Å². The number of halogens is 1. The van der Waals surface area contributed by atoms with E-state index >= 15 is 0 Å². The minimum Gasteiger partial charge on any atom is -0.373 e. The molecule has 4 nitrogen and oxygen atoms in total. The van der Waals surface area contributed by atoms with Crippen LogP contribution in [0.25, 0.3) is 0 Å². The molecule has 1 heterocycles. The van der Waals surface area contributed by atoms with Crippen molar-refractivity contribution >= 4 is 11.6 Å². The average molecular weight is 300 g/mol. The van der Waals surface area contributed by atoms with Crippen LogP contribution in [0.5, 0.6) is 0 Å². The second-order valence-electron chi connectivity index (χ2n) is 5.59. The van der Waals surface area contributed by atoms with Crippen LogP contribution in [0.15, 0.2) is 6.20 Å². The fraction of sp³-hybridized carbons (Fsp3) is 0.800. The largest absolute Gasteiger partial charge is 0.373 e. The summed E-state index contributed by atoms with van der Waals surface area (Å²) >= 11 is 6.38. The summed E-state index contributed by atoms with van der Waals surface area (Å²) in [7, 11) is 1.95. The van der Waals surface area contributed by atoms with E-state index in [4.69, 9.17) is 16.3 Å². The number of rotatable bonds is 7. The van der Waals surface area contributed by atoms with Crippen molar-refractivity contribution in [2.45, 2.75) is 57.6 Å². The van der Waals surface area contributed by atoms with Crippen LogP contribution in [-0.2, 0) is 11.8 Å². The van der Waals surface area contributed by atoms with Crippen LogP contribution in [-0.4, -0.2) is 28.5 Å². The van der Waals surface area contributed by atoms with Gasteiger partial charge in [-0.1, -0.05) is 31.4 Å². The third-order valence-corrected chi connectivity index (χ3v) is 4.51. The van der Waals surface area contributed by atoms with Crippen molar-refractivity contribution < 1.29 is 4.74 Å². The van der Waals surface area contributed by atoms with Crippen molar-refractivity contribution in [2.24, 2.45) is 7.05 Å². The second kappa shape index (κ2) is 6.92. The first-order chi connectivity index (χ1) is 9.64. The molecule has 0 radical (unpaired) electrons. The maximum atomic E-state index is 6.38. The highest BCUT2D eigenvalue weighted by Gasteiger charge is 2.44. The van der Waals surface area contributed by atoms with E-state index in [1.807, 2.05) is 11.7 Å². The Morgan fingerprint density at radius 3 is 2.65 bits per heavy atom. The SMILES string of the molecule is CCCNC(c1c(Cl)cnn1C)C1(OCC)CCCC1. The lowest BCUT2D eigenvalue weighted by molar-refractivity contribution is -0.0642. The molecule has 1 N–H and O–H groups in total. The minimum atomic E-state index is -0.138. The summed E-state index contributed by atoms with van der Waals surface area (Å²) in [6.07, 6.45) is 7.44. The van der Waals surface area contributed by atoms with E-state index in [-0.39, 0.29) is 11.6 Å². The smallest absolute Gasteiger partial charge is 0.0891 e. The zero-order valence-corrected chi connectivity index (χ0v) is 13.5. The molecule has 114 valence electrons.